The van der Waals surface area contributed by atoms with E-state index in [4.69, 9.17) is 4.74 Å². The van der Waals surface area contributed by atoms with E-state index < -0.39 is 0 Å². The van der Waals surface area contributed by atoms with Gasteiger partial charge in [0.25, 0.3) is 0 Å². The van der Waals surface area contributed by atoms with Crippen LogP contribution in [0.5, 0.6) is 0 Å². The molecule has 1 amide bonds. The Balaban J connectivity index is 2.08. The maximum Gasteiger partial charge on any atom is 0.238 e. The summed E-state index contributed by atoms with van der Waals surface area (Å²) in [5, 5.41) is 3.43. The average Bonchev–Trinajstić information content (AvgIpc) is 3.00. The van der Waals surface area contributed by atoms with Crippen molar-refractivity contribution in [2.45, 2.75) is 58.7 Å². The molecule has 110 valence electrons. The highest BCUT2D eigenvalue weighted by molar-refractivity contribution is 5.81. The number of nitrogens with zero attached hydrogens (tertiary/aromatic N) is 1. The second kappa shape index (κ2) is 6.71. The summed E-state index contributed by atoms with van der Waals surface area (Å²) in [6.07, 6.45) is 5.36. The molecule has 1 aliphatic heterocycles. The monoisotopic (exact) mass is 268 g/mol. The van der Waals surface area contributed by atoms with Gasteiger partial charge in [0.1, 0.15) is 0 Å². The molecule has 0 aromatic carbocycles. The Morgan fingerprint density at radius 2 is 2.05 bits per heavy atom. The average molecular weight is 268 g/mol. The van der Waals surface area contributed by atoms with Crippen LogP contribution in [0.3, 0.4) is 0 Å². The van der Waals surface area contributed by atoms with Gasteiger partial charge in [0, 0.05) is 6.61 Å². The molecule has 0 aromatic heterocycles. The SMILES string of the molecule is CCOCC(C(C)C)N1C(=O)CNC1C1CCCC1. The van der Waals surface area contributed by atoms with E-state index in [1.165, 1.54) is 25.7 Å². The Bertz CT molecular complexity index is 301. The lowest BCUT2D eigenvalue weighted by atomic mass is 9.98. The van der Waals surface area contributed by atoms with Crippen molar-refractivity contribution in [3.05, 3.63) is 0 Å². The normalized spacial score (nSPS) is 26.6. The van der Waals surface area contributed by atoms with Crippen molar-refractivity contribution < 1.29 is 9.53 Å². The predicted octanol–water partition coefficient (Wildman–Crippen LogP) is 2.00. The van der Waals surface area contributed by atoms with E-state index in [1.807, 2.05) is 6.92 Å². The zero-order valence-corrected chi connectivity index (χ0v) is 12.5. The molecular weight excluding hydrogens is 240 g/mol. The van der Waals surface area contributed by atoms with Gasteiger partial charge in [-0.25, -0.2) is 0 Å². The molecule has 0 aromatic rings. The molecule has 2 atom stereocenters. The smallest absolute Gasteiger partial charge is 0.238 e. The summed E-state index contributed by atoms with van der Waals surface area (Å²) in [7, 11) is 0. The van der Waals surface area contributed by atoms with Crippen molar-refractivity contribution in [3.8, 4) is 0 Å². The maximum absolute atomic E-state index is 12.3. The molecule has 1 N–H and O–H groups in total. The van der Waals surface area contributed by atoms with Gasteiger partial charge in [-0.2, -0.15) is 0 Å². The van der Waals surface area contributed by atoms with Crippen LogP contribution < -0.4 is 5.32 Å². The third-order valence-electron chi connectivity index (χ3n) is 4.52. The molecule has 4 heteroatoms. The lowest BCUT2D eigenvalue weighted by Crippen LogP contribution is -2.51. The van der Waals surface area contributed by atoms with Gasteiger partial charge in [0.2, 0.25) is 5.91 Å². The molecule has 2 aliphatic rings. The van der Waals surface area contributed by atoms with E-state index in [1.54, 1.807) is 0 Å². The van der Waals surface area contributed by atoms with Gasteiger partial charge in [0.05, 0.1) is 25.4 Å². The second-order valence-electron chi connectivity index (χ2n) is 6.14. The first-order valence-corrected chi connectivity index (χ1v) is 7.77. The number of hydrogen-bond donors (Lipinski definition) is 1. The first-order chi connectivity index (χ1) is 9.15. The molecule has 2 rings (SSSR count). The summed E-state index contributed by atoms with van der Waals surface area (Å²) in [6.45, 7) is 8.24. The van der Waals surface area contributed by atoms with Crippen molar-refractivity contribution in [2.24, 2.45) is 11.8 Å². The number of amides is 1. The highest BCUT2D eigenvalue weighted by atomic mass is 16.5. The van der Waals surface area contributed by atoms with Crippen LogP contribution in [0.25, 0.3) is 0 Å². The fourth-order valence-electron chi connectivity index (χ4n) is 3.43. The molecule has 4 nitrogen and oxygen atoms in total. The molecule has 0 spiro atoms. The van der Waals surface area contributed by atoms with Crippen molar-refractivity contribution in [1.82, 2.24) is 10.2 Å². The number of hydrogen-bond acceptors (Lipinski definition) is 3. The molecule has 0 bridgehead atoms. The van der Waals surface area contributed by atoms with Gasteiger partial charge in [0.15, 0.2) is 0 Å². The molecule has 1 saturated carbocycles. The first-order valence-electron chi connectivity index (χ1n) is 7.77. The minimum absolute atomic E-state index is 0.202. The van der Waals surface area contributed by atoms with Crippen LogP contribution in [0, 0.1) is 11.8 Å². The summed E-state index contributed by atoms with van der Waals surface area (Å²) in [5.74, 6) is 1.31. The molecule has 2 fully saturated rings. The van der Waals surface area contributed by atoms with E-state index in [9.17, 15) is 4.79 Å². The van der Waals surface area contributed by atoms with Crippen molar-refractivity contribution in [1.29, 1.82) is 0 Å². The molecule has 1 aliphatic carbocycles. The lowest BCUT2D eigenvalue weighted by Gasteiger charge is -2.37. The molecule has 1 heterocycles. The fraction of sp³-hybridized carbons (Fsp3) is 0.933. The second-order valence-corrected chi connectivity index (χ2v) is 6.14. The molecule has 1 saturated heterocycles. The van der Waals surface area contributed by atoms with Gasteiger partial charge < -0.3 is 9.64 Å². The predicted molar refractivity (Wildman–Crippen MR) is 75.7 cm³/mol. The third kappa shape index (κ3) is 3.29. The van der Waals surface area contributed by atoms with Crippen LogP contribution in [-0.4, -0.2) is 42.8 Å². The van der Waals surface area contributed by atoms with Gasteiger partial charge in [-0.1, -0.05) is 26.7 Å². The van der Waals surface area contributed by atoms with Gasteiger partial charge in [-0.15, -0.1) is 0 Å². The Kier molecular flexibility index (Phi) is 5.22. The quantitative estimate of drug-likeness (QED) is 0.801. The van der Waals surface area contributed by atoms with E-state index in [0.717, 1.165) is 0 Å². The minimum Gasteiger partial charge on any atom is -0.380 e. The number of carbonyl (C=O) groups is 1. The van der Waals surface area contributed by atoms with Crippen molar-refractivity contribution in [2.75, 3.05) is 19.8 Å². The molecule has 0 radical (unpaired) electrons. The summed E-state index contributed by atoms with van der Waals surface area (Å²) >= 11 is 0. The van der Waals surface area contributed by atoms with E-state index in [0.29, 0.717) is 31.6 Å². The Hall–Kier alpha value is -0.610. The first kappa shape index (κ1) is 14.8. The number of carbonyl (C=O) groups excluding carboxylic acids is 1. The van der Waals surface area contributed by atoms with Crippen LogP contribution in [0.2, 0.25) is 0 Å². The topological polar surface area (TPSA) is 41.6 Å². The summed E-state index contributed by atoms with van der Waals surface area (Å²) in [5.41, 5.74) is 0. The van der Waals surface area contributed by atoms with Crippen LogP contribution >= 0.6 is 0 Å². The molecule has 2 unspecified atom stereocenters. The van der Waals surface area contributed by atoms with E-state index in [-0.39, 0.29) is 18.1 Å². The fourth-order valence-corrected chi connectivity index (χ4v) is 3.43. The number of ether oxygens (including phenoxy) is 1. The minimum atomic E-state index is 0.202. The van der Waals surface area contributed by atoms with Crippen molar-refractivity contribution >= 4 is 5.91 Å². The molecular formula is C15H28N2O2. The van der Waals surface area contributed by atoms with Crippen molar-refractivity contribution in [3.63, 3.8) is 0 Å². The van der Waals surface area contributed by atoms with Gasteiger partial charge >= 0.3 is 0 Å². The Morgan fingerprint density at radius 3 is 2.63 bits per heavy atom. The largest absolute Gasteiger partial charge is 0.380 e. The third-order valence-corrected chi connectivity index (χ3v) is 4.52. The zero-order chi connectivity index (χ0) is 13.8. The van der Waals surface area contributed by atoms with Crippen LogP contribution in [0.15, 0.2) is 0 Å². The summed E-state index contributed by atoms with van der Waals surface area (Å²) in [6, 6.07) is 0.202. The van der Waals surface area contributed by atoms with Crippen LogP contribution in [0.4, 0.5) is 0 Å². The highest BCUT2D eigenvalue weighted by Crippen LogP contribution is 2.32. The number of rotatable bonds is 6. The van der Waals surface area contributed by atoms with E-state index in [2.05, 4.69) is 24.1 Å². The summed E-state index contributed by atoms with van der Waals surface area (Å²) < 4.78 is 5.61. The number of nitrogens with one attached hydrogen (secondary N) is 1. The highest BCUT2D eigenvalue weighted by Gasteiger charge is 2.41. The lowest BCUT2D eigenvalue weighted by molar-refractivity contribution is -0.134. The zero-order valence-electron chi connectivity index (χ0n) is 12.5. The summed E-state index contributed by atoms with van der Waals surface area (Å²) in [4.78, 5) is 14.4. The van der Waals surface area contributed by atoms with Crippen LogP contribution in [0.1, 0.15) is 46.5 Å². The Labute approximate surface area is 116 Å². The maximum atomic E-state index is 12.3. The van der Waals surface area contributed by atoms with Gasteiger partial charge in [-0.05, 0) is 31.6 Å². The molecule has 19 heavy (non-hydrogen) atoms. The van der Waals surface area contributed by atoms with Gasteiger partial charge in [-0.3, -0.25) is 10.1 Å². The Morgan fingerprint density at radius 1 is 1.37 bits per heavy atom. The van der Waals surface area contributed by atoms with E-state index >= 15 is 0 Å². The standard InChI is InChI=1S/C15H28N2O2/c1-4-19-10-13(11(2)3)17-14(18)9-16-15(17)12-7-5-6-8-12/h11-13,15-16H,4-10H2,1-3H3. The van der Waals surface area contributed by atoms with Crippen LogP contribution in [-0.2, 0) is 9.53 Å².